The highest BCUT2D eigenvalue weighted by atomic mass is 16.5. The molecule has 2 heterocycles. The van der Waals surface area contributed by atoms with E-state index in [4.69, 9.17) is 9.15 Å². The fourth-order valence-electron chi connectivity index (χ4n) is 5.35. The van der Waals surface area contributed by atoms with Crippen molar-refractivity contribution in [2.24, 2.45) is 0 Å². The molecule has 10 nitrogen and oxygen atoms in total. The Kier molecular flexibility index (Phi) is 8.24. The number of hydrogen-bond acceptors (Lipinski definition) is 6. The van der Waals surface area contributed by atoms with Gasteiger partial charge in [-0.15, -0.1) is 0 Å². The summed E-state index contributed by atoms with van der Waals surface area (Å²) in [6.07, 6.45) is 3.63. The molecule has 0 saturated heterocycles. The van der Waals surface area contributed by atoms with Gasteiger partial charge >= 0.3 is 18.0 Å². The summed E-state index contributed by atoms with van der Waals surface area (Å²) in [6, 6.07) is 15.2. The van der Waals surface area contributed by atoms with E-state index < -0.39 is 18.0 Å². The summed E-state index contributed by atoms with van der Waals surface area (Å²) in [5, 5.41) is 22.2. The average Bonchev–Trinajstić information content (AvgIpc) is 3.49. The van der Waals surface area contributed by atoms with Crippen molar-refractivity contribution in [1.82, 2.24) is 15.2 Å². The molecule has 1 aliphatic heterocycles. The van der Waals surface area contributed by atoms with Crippen molar-refractivity contribution < 1.29 is 33.8 Å². The monoisotopic (exact) mass is 569 g/mol. The molecule has 1 aliphatic rings. The van der Waals surface area contributed by atoms with Crippen molar-refractivity contribution in [3.63, 3.8) is 0 Å². The summed E-state index contributed by atoms with van der Waals surface area (Å²) in [7, 11) is 0. The van der Waals surface area contributed by atoms with Crippen LogP contribution in [0.5, 0.6) is 5.75 Å². The first kappa shape index (κ1) is 28.4. The van der Waals surface area contributed by atoms with Crippen LogP contribution in [-0.4, -0.2) is 51.2 Å². The van der Waals surface area contributed by atoms with Crippen molar-refractivity contribution in [3.05, 3.63) is 117 Å². The summed E-state index contributed by atoms with van der Waals surface area (Å²) in [4.78, 5) is 42.9. The van der Waals surface area contributed by atoms with Gasteiger partial charge in [-0.05, 0) is 72.4 Å². The summed E-state index contributed by atoms with van der Waals surface area (Å²) in [5.74, 6) is -1.94. The van der Waals surface area contributed by atoms with Gasteiger partial charge in [-0.1, -0.05) is 35.9 Å². The van der Waals surface area contributed by atoms with Gasteiger partial charge in [0.15, 0.2) is 6.39 Å². The highest BCUT2D eigenvalue weighted by molar-refractivity contribution is 5.91. The van der Waals surface area contributed by atoms with Gasteiger partial charge in [0.05, 0.1) is 30.5 Å². The molecule has 0 spiro atoms. The number of urea groups is 1. The third-order valence-corrected chi connectivity index (χ3v) is 7.41. The summed E-state index contributed by atoms with van der Waals surface area (Å²) in [6.45, 7) is 4.72. The Morgan fingerprint density at radius 2 is 1.88 bits per heavy atom. The Balaban J connectivity index is 1.48. The zero-order chi connectivity index (χ0) is 29.8. The van der Waals surface area contributed by atoms with E-state index in [1.165, 1.54) is 18.7 Å². The third kappa shape index (κ3) is 6.12. The van der Waals surface area contributed by atoms with Crippen LogP contribution in [0.2, 0.25) is 0 Å². The van der Waals surface area contributed by atoms with Crippen LogP contribution in [0, 0.1) is 13.8 Å². The molecule has 0 radical (unpaired) electrons. The quantitative estimate of drug-likeness (QED) is 0.251. The zero-order valence-corrected chi connectivity index (χ0v) is 23.3. The molecule has 3 N–H and O–H groups in total. The molecule has 1 atom stereocenters. The van der Waals surface area contributed by atoms with Gasteiger partial charge in [0.25, 0.3) is 0 Å². The van der Waals surface area contributed by atoms with Crippen molar-refractivity contribution in [1.29, 1.82) is 0 Å². The largest absolute Gasteiger partial charge is 0.492 e. The average molecular weight is 570 g/mol. The number of nitrogens with one attached hydrogen (secondary N) is 1. The Labute approximate surface area is 242 Å². The second kappa shape index (κ2) is 12.2. The van der Waals surface area contributed by atoms with Gasteiger partial charge in [-0.25, -0.2) is 19.4 Å². The van der Waals surface area contributed by atoms with Crippen LogP contribution in [-0.2, 0) is 19.4 Å². The lowest BCUT2D eigenvalue weighted by atomic mass is 9.85. The number of aromatic nitrogens is 1. The fourth-order valence-corrected chi connectivity index (χ4v) is 5.35. The molecule has 0 aliphatic carbocycles. The Hall–Kier alpha value is -5.12. The first-order valence-corrected chi connectivity index (χ1v) is 13.5. The predicted octanol–water partition coefficient (Wildman–Crippen LogP) is 5.17. The molecule has 42 heavy (non-hydrogen) atoms. The van der Waals surface area contributed by atoms with Crippen molar-refractivity contribution in [3.8, 4) is 5.75 Å². The maximum Gasteiger partial charge on any atom is 0.339 e. The molecule has 4 aromatic rings. The zero-order valence-electron chi connectivity index (χ0n) is 23.3. The molecule has 1 unspecified atom stereocenters. The Bertz CT molecular complexity index is 1630. The lowest BCUT2D eigenvalue weighted by Gasteiger charge is -2.38. The number of carboxylic acid groups (broad SMARTS) is 2. The van der Waals surface area contributed by atoms with E-state index in [0.29, 0.717) is 25.1 Å². The molecule has 5 rings (SSSR count). The summed E-state index contributed by atoms with van der Waals surface area (Å²) in [5.41, 5.74) is 6.21. The van der Waals surface area contributed by atoms with Crippen LogP contribution >= 0.6 is 0 Å². The van der Waals surface area contributed by atoms with Gasteiger partial charge in [-0.3, -0.25) is 0 Å². The SMILES string of the molecule is Cc1ccc(C2c3cc(OCCc4cccc(C(=O)O)c4)c(C(=O)O)cc3CCN2C(=O)NCc2cocn2)c(C)c1. The Morgan fingerprint density at radius 1 is 1.05 bits per heavy atom. The van der Waals surface area contributed by atoms with Gasteiger partial charge in [0.2, 0.25) is 0 Å². The van der Waals surface area contributed by atoms with Crippen molar-refractivity contribution in [2.45, 2.75) is 39.3 Å². The first-order valence-electron chi connectivity index (χ1n) is 13.5. The molecule has 0 fully saturated rings. The van der Waals surface area contributed by atoms with Gasteiger partial charge in [0.1, 0.15) is 17.6 Å². The smallest absolute Gasteiger partial charge is 0.339 e. The van der Waals surface area contributed by atoms with Crippen LogP contribution in [0.4, 0.5) is 4.79 Å². The molecule has 1 aromatic heterocycles. The highest BCUT2D eigenvalue weighted by Gasteiger charge is 2.34. The van der Waals surface area contributed by atoms with Crippen LogP contribution in [0.15, 0.2) is 71.7 Å². The number of hydrogen-bond donors (Lipinski definition) is 3. The number of rotatable bonds is 9. The second-order valence-corrected chi connectivity index (χ2v) is 10.3. The van der Waals surface area contributed by atoms with E-state index in [1.54, 1.807) is 35.2 Å². The topological polar surface area (TPSA) is 142 Å². The molecule has 2 amide bonds. The van der Waals surface area contributed by atoms with E-state index in [1.807, 2.05) is 26.0 Å². The molecular formula is C32H31N3O7. The number of aryl methyl sites for hydroxylation is 2. The van der Waals surface area contributed by atoms with Gasteiger partial charge < -0.3 is 29.6 Å². The highest BCUT2D eigenvalue weighted by Crippen LogP contribution is 2.40. The molecule has 216 valence electrons. The summed E-state index contributed by atoms with van der Waals surface area (Å²) < 4.78 is 11.0. The molecule has 10 heteroatoms. The first-order chi connectivity index (χ1) is 20.2. The number of amides is 2. The van der Waals surface area contributed by atoms with Crippen LogP contribution in [0.1, 0.15) is 65.8 Å². The van der Waals surface area contributed by atoms with E-state index >= 15 is 0 Å². The maximum atomic E-state index is 13.5. The van der Waals surface area contributed by atoms with Gasteiger partial charge in [-0.2, -0.15) is 0 Å². The van der Waals surface area contributed by atoms with E-state index in [-0.39, 0.29) is 36.1 Å². The molecule has 0 bridgehead atoms. The van der Waals surface area contributed by atoms with Crippen LogP contribution in [0.25, 0.3) is 0 Å². The maximum absolute atomic E-state index is 13.5. The molecule has 3 aromatic carbocycles. The number of aromatic carboxylic acids is 2. The normalized spacial score (nSPS) is 14.2. The van der Waals surface area contributed by atoms with E-state index in [2.05, 4.69) is 16.4 Å². The Morgan fingerprint density at radius 3 is 2.60 bits per heavy atom. The predicted molar refractivity (Wildman–Crippen MR) is 153 cm³/mol. The number of carbonyl (C=O) groups excluding carboxylic acids is 1. The molecule has 0 saturated carbocycles. The number of ether oxygens (including phenoxy) is 1. The third-order valence-electron chi connectivity index (χ3n) is 7.41. The van der Waals surface area contributed by atoms with Crippen LogP contribution < -0.4 is 10.1 Å². The van der Waals surface area contributed by atoms with Gasteiger partial charge in [0, 0.05) is 13.0 Å². The lowest BCUT2D eigenvalue weighted by Crippen LogP contribution is -2.46. The summed E-state index contributed by atoms with van der Waals surface area (Å²) >= 11 is 0. The van der Waals surface area contributed by atoms with Crippen LogP contribution in [0.3, 0.4) is 0 Å². The number of carbonyl (C=O) groups is 3. The van der Waals surface area contributed by atoms with Crippen molar-refractivity contribution >= 4 is 18.0 Å². The minimum Gasteiger partial charge on any atom is -0.492 e. The van der Waals surface area contributed by atoms with E-state index in [9.17, 15) is 24.6 Å². The lowest BCUT2D eigenvalue weighted by molar-refractivity contribution is 0.0682. The van der Waals surface area contributed by atoms with Crippen molar-refractivity contribution in [2.75, 3.05) is 13.2 Å². The number of fused-ring (bicyclic) bond motifs is 1. The van der Waals surface area contributed by atoms with E-state index in [0.717, 1.165) is 33.4 Å². The molecular weight excluding hydrogens is 538 g/mol. The minimum absolute atomic E-state index is 0.0383. The fraction of sp³-hybridized carbons (Fsp3) is 0.250. The second-order valence-electron chi connectivity index (χ2n) is 10.3. The number of carboxylic acids is 2. The number of oxazole rings is 1. The minimum atomic E-state index is -1.11. The number of benzene rings is 3. The standard InChI is InChI=1S/C32H31N3O7/c1-19-6-7-25(20(2)12-19)29-26-15-28(42-11-9-21-4-3-5-23(13-21)30(36)37)27(31(38)39)14-22(26)8-10-35(29)32(40)33-16-24-17-41-18-34-24/h3-7,12-15,17-18,29H,8-11,16H2,1-2H3,(H,33,40)(H,36,37)(H,38,39). The number of nitrogens with zero attached hydrogens (tertiary/aromatic N) is 2.